The van der Waals surface area contributed by atoms with E-state index in [1.54, 1.807) is 11.8 Å². The molecule has 0 N–H and O–H groups in total. The van der Waals surface area contributed by atoms with E-state index in [0.29, 0.717) is 0 Å². The molecule has 0 aromatic carbocycles. The molecule has 0 nitrogen and oxygen atoms in total. The van der Waals surface area contributed by atoms with E-state index in [0.717, 1.165) is 24.2 Å². The van der Waals surface area contributed by atoms with Gasteiger partial charge in [-0.3, -0.25) is 0 Å². The van der Waals surface area contributed by atoms with Crippen LogP contribution in [0.4, 0.5) is 0 Å². The molecule has 0 aliphatic carbocycles. The van der Waals surface area contributed by atoms with Crippen LogP contribution in [0.3, 0.4) is 0 Å². The molecular weight excluding hydrogens is 442 g/mol. The normalized spacial score (nSPS) is 11.2. The van der Waals surface area contributed by atoms with E-state index < -0.39 is 0 Å². The smallest absolute Gasteiger partial charge is 0.344 e. The van der Waals surface area contributed by atoms with Crippen molar-refractivity contribution < 1.29 is 154 Å². The van der Waals surface area contributed by atoms with Crippen LogP contribution in [0.15, 0.2) is 0 Å². The molecule has 0 aromatic heterocycles. The molecular formula is C27H59K3. The van der Waals surface area contributed by atoms with Crippen LogP contribution in [0.1, 0.15) is 141 Å². The Hall–Kier alpha value is 4.91. The summed E-state index contributed by atoms with van der Waals surface area (Å²) in [5.74, 6) is 5.94. The molecule has 0 aliphatic heterocycles. The largest absolute Gasteiger partial charge is 1.00 e. The summed E-state index contributed by atoms with van der Waals surface area (Å²) in [6, 6.07) is 0. The van der Waals surface area contributed by atoms with Crippen molar-refractivity contribution in [2.24, 2.45) is 17.8 Å². The van der Waals surface area contributed by atoms with Gasteiger partial charge in [-0.1, -0.05) is 108 Å². The average Bonchev–Trinajstić information content (AvgIpc) is 2.67. The monoisotopic (exact) mass is 500 g/mol. The van der Waals surface area contributed by atoms with Gasteiger partial charge >= 0.3 is 154 Å². The van der Waals surface area contributed by atoms with Gasteiger partial charge in [0.15, 0.2) is 0 Å². The third-order valence-corrected chi connectivity index (χ3v) is 5.61. The van der Waals surface area contributed by atoms with Gasteiger partial charge in [-0.05, 0) is 5.92 Å². The van der Waals surface area contributed by atoms with Gasteiger partial charge in [-0.25, -0.2) is 0 Å². The molecule has 0 rings (SSSR count). The summed E-state index contributed by atoms with van der Waals surface area (Å²) in [7, 11) is 0. The number of hydrogen-bond donors (Lipinski definition) is 0. The first kappa shape index (κ1) is 51.5. The molecule has 0 heterocycles. The molecule has 2 unspecified atom stereocenters. The SMILES string of the molecule is CCC(C)CC.CCCC(C)[C-](C)CC.CCC[C-](C)C(C)CC.[CH2-]CC.[K+].[K+].[K+]. The van der Waals surface area contributed by atoms with Gasteiger partial charge < -0.3 is 18.8 Å². The van der Waals surface area contributed by atoms with E-state index in [1.807, 2.05) is 6.92 Å². The van der Waals surface area contributed by atoms with Crippen LogP contribution >= 0.6 is 0 Å². The maximum atomic E-state index is 3.49. The van der Waals surface area contributed by atoms with Gasteiger partial charge in [0.05, 0.1) is 0 Å². The van der Waals surface area contributed by atoms with Crippen molar-refractivity contribution in [3.05, 3.63) is 18.8 Å². The Kier molecular flexibility index (Phi) is 75.5. The summed E-state index contributed by atoms with van der Waals surface area (Å²) in [4.78, 5) is 0. The molecule has 0 radical (unpaired) electrons. The fourth-order valence-corrected chi connectivity index (χ4v) is 2.31. The Morgan fingerprint density at radius 1 is 0.633 bits per heavy atom. The predicted octanol–water partition coefficient (Wildman–Crippen LogP) is 1.54. The molecule has 0 spiro atoms. The molecule has 0 saturated carbocycles. The average molecular weight is 501 g/mol. The van der Waals surface area contributed by atoms with Crippen molar-refractivity contribution in [2.45, 2.75) is 141 Å². The molecule has 0 bridgehead atoms. The summed E-state index contributed by atoms with van der Waals surface area (Å²) >= 11 is 0. The Labute approximate surface area is 324 Å². The number of rotatable bonds is 10. The van der Waals surface area contributed by atoms with Gasteiger partial charge in [0.1, 0.15) is 0 Å². The third kappa shape index (κ3) is 46.3. The minimum atomic E-state index is 0. The van der Waals surface area contributed by atoms with Crippen molar-refractivity contribution in [3.8, 4) is 0 Å². The van der Waals surface area contributed by atoms with Gasteiger partial charge in [-0.2, -0.15) is 44.9 Å². The molecule has 2 atom stereocenters. The van der Waals surface area contributed by atoms with Crippen molar-refractivity contribution >= 4 is 0 Å². The maximum Gasteiger partial charge on any atom is 1.00 e. The van der Waals surface area contributed by atoms with Crippen molar-refractivity contribution in [1.29, 1.82) is 0 Å². The first-order valence-electron chi connectivity index (χ1n) is 12.1. The van der Waals surface area contributed by atoms with Crippen molar-refractivity contribution in [2.75, 3.05) is 0 Å². The van der Waals surface area contributed by atoms with Crippen LogP contribution in [0.5, 0.6) is 0 Å². The van der Waals surface area contributed by atoms with Gasteiger partial charge in [0, 0.05) is 0 Å². The second kappa shape index (κ2) is 43.9. The summed E-state index contributed by atoms with van der Waals surface area (Å²) in [5.41, 5.74) is 0. The van der Waals surface area contributed by atoms with Crippen LogP contribution in [-0.2, 0) is 0 Å². The fraction of sp³-hybridized carbons (Fsp3) is 0.889. The zero-order valence-corrected chi connectivity index (χ0v) is 34.2. The van der Waals surface area contributed by atoms with Crippen molar-refractivity contribution in [3.63, 3.8) is 0 Å². The van der Waals surface area contributed by atoms with Crippen LogP contribution in [0, 0.1) is 36.5 Å². The number of hydrogen-bond acceptors (Lipinski definition) is 0. The predicted molar refractivity (Wildman–Crippen MR) is 132 cm³/mol. The zero-order chi connectivity index (χ0) is 22.3. The molecule has 170 valence electrons. The summed E-state index contributed by atoms with van der Waals surface area (Å²) < 4.78 is 0. The standard InChI is InChI=1S/2C9H19.C6H14.C3H7.3K/c2*1-5-7-9(4)8(3)6-2;1-4-6(3)5-2;1-3-2;;;/h9H,5-7H2,1-4H3;8H,5-7H2,1-4H3;6H,4-5H2,1-3H3;1,3H2,2H3;;;/q2*-1;;-1;3*+1. The molecule has 30 heavy (non-hydrogen) atoms. The molecule has 0 aliphatic rings. The minimum absolute atomic E-state index is 0. The first-order valence-corrected chi connectivity index (χ1v) is 12.1. The Balaban J connectivity index is -0.0000000480. The summed E-state index contributed by atoms with van der Waals surface area (Å²) in [5, 5.41) is 0. The fourth-order valence-electron chi connectivity index (χ4n) is 2.31. The Bertz CT molecular complexity index is 212. The van der Waals surface area contributed by atoms with Crippen molar-refractivity contribution in [1.82, 2.24) is 0 Å². The Morgan fingerprint density at radius 2 is 1.03 bits per heavy atom. The first-order chi connectivity index (χ1) is 12.7. The Morgan fingerprint density at radius 3 is 1.23 bits per heavy atom. The van der Waals surface area contributed by atoms with E-state index in [9.17, 15) is 0 Å². The summed E-state index contributed by atoms with van der Waals surface area (Å²) in [6.07, 6.45) is 11.5. The topological polar surface area (TPSA) is 0 Å². The second-order valence-corrected chi connectivity index (χ2v) is 8.22. The van der Waals surface area contributed by atoms with Crippen LogP contribution in [-0.4, -0.2) is 0 Å². The van der Waals surface area contributed by atoms with E-state index in [-0.39, 0.29) is 154 Å². The molecule has 3 heteroatoms. The molecule has 0 aromatic rings. The van der Waals surface area contributed by atoms with Gasteiger partial charge in [0.2, 0.25) is 0 Å². The molecule has 0 saturated heterocycles. The van der Waals surface area contributed by atoms with Crippen LogP contribution < -0.4 is 154 Å². The van der Waals surface area contributed by atoms with Crippen LogP contribution in [0.2, 0.25) is 0 Å². The van der Waals surface area contributed by atoms with E-state index in [4.69, 9.17) is 0 Å². The zero-order valence-electron chi connectivity index (χ0n) is 24.8. The maximum absolute atomic E-state index is 3.49. The third-order valence-electron chi connectivity index (χ3n) is 5.61. The van der Waals surface area contributed by atoms with Crippen LogP contribution in [0.25, 0.3) is 0 Å². The minimum Gasteiger partial charge on any atom is -0.344 e. The van der Waals surface area contributed by atoms with E-state index in [2.05, 4.69) is 83.1 Å². The quantitative estimate of drug-likeness (QED) is 0.315. The molecule has 0 fully saturated rings. The van der Waals surface area contributed by atoms with E-state index >= 15 is 0 Å². The molecule has 0 amide bonds. The van der Waals surface area contributed by atoms with Gasteiger partial charge in [-0.15, -0.1) is 0 Å². The van der Waals surface area contributed by atoms with Gasteiger partial charge in [0.25, 0.3) is 0 Å². The summed E-state index contributed by atoms with van der Waals surface area (Å²) in [6.45, 7) is 30.4. The second-order valence-electron chi connectivity index (χ2n) is 8.22. The van der Waals surface area contributed by atoms with E-state index in [1.165, 1.54) is 51.4 Å².